The van der Waals surface area contributed by atoms with Crippen molar-refractivity contribution in [1.82, 2.24) is 9.97 Å². The van der Waals surface area contributed by atoms with Crippen LogP contribution in [0.1, 0.15) is 31.0 Å². The molecule has 1 fully saturated rings. The lowest BCUT2D eigenvalue weighted by Crippen LogP contribution is -2.35. The van der Waals surface area contributed by atoms with Crippen LogP contribution in [-0.2, 0) is 0 Å². The van der Waals surface area contributed by atoms with Crippen LogP contribution in [0.2, 0.25) is 0 Å². The maximum absolute atomic E-state index is 9.20. The summed E-state index contributed by atoms with van der Waals surface area (Å²) in [6, 6.07) is 11.6. The Morgan fingerprint density at radius 3 is 2.91 bits per heavy atom. The molecule has 3 rings (SSSR count). The average Bonchev–Trinajstić information content (AvgIpc) is 2.55. The Balaban J connectivity index is 1.87. The summed E-state index contributed by atoms with van der Waals surface area (Å²) in [6.07, 6.45) is 2.48. The van der Waals surface area contributed by atoms with Crippen LogP contribution in [0, 0.1) is 24.2 Å². The molecule has 2 heterocycles. The quantitative estimate of drug-likeness (QED) is 0.938. The van der Waals surface area contributed by atoms with E-state index in [4.69, 9.17) is 0 Å². The maximum atomic E-state index is 9.20. The number of hydrogen-bond donors (Lipinski definition) is 1. The molecule has 2 aromatic rings. The second kappa shape index (κ2) is 6.66. The van der Waals surface area contributed by atoms with Gasteiger partial charge in [-0.1, -0.05) is 19.1 Å². The molecule has 1 aromatic heterocycles. The van der Waals surface area contributed by atoms with E-state index in [1.807, 2.05) is 31.2 Å². The second-order valence-corrected chi connectivity index (χ2v) is 6.17. The monoisotopic (exact) mass is 307 g/mol. The van der Waals surface area contributed by atoms with Crippen LogP contribution in [0.25, 0.3) is 0 Å². The number of nitriles is 1. The van der Waals surface area contributed by atoms with Gasteiger partial charge in [-0.15, -0.1) is 0 Å². The normalized spacial score (nSPS) is 17.6. The molecular formula is C18H21N5. The molecule has 0 radical (unpaired) electrons. The second-order valence-electron chi connectivity index (χ2n) is 6.17. The lowest BCUT2D eigenvalue weighted by atomic mass is 10.0. The largest absolute Gasteiger partial charge is 0.356 e. The van der Waals surface area contributed by atoms with Gasteiger partial charge in [-0.05, 0) is 37.8 Å². The first-order valence-electron chi connectivity index (χ1n) is 8.02. The number of para-hydroxylation sites is 1. The van der Waals surface area contributed by atoms with Crippen LogP contribution in [0.5, 0.6) is 0 Å². The number of nitrogens with one attached hydrogen (secondary N) is 1. The summed E-state index contributed by atoms with van der Waals surface area (Å²) in [6.45, 7) is 6.32. The van der Waals surface area contributed by atoms with E-state index >= 15 is 0 Å². The van der Waals surface area contributed by atoms with Gasteiger partial charge in [-0.3, -0.25) is 0 Å². The van der Waals surface area contributed by atoms with Gasteiger partial charge in [0.05, 0.1) is 11.3 Å². The van der Waals surface area contributed by atoms with Crippen LogP contribution in [0.3, 0.4) is 0 Å². The predicted molar refractivity (Wildman–Crippen MR) is 91.8 cm³/mol. The van der Waals surface area contributed by atoms with Crippen molar-refractivity contribution in [1.29, 1.82) is 5.26 Å². The zero-order chi connectivity index (χ0) is 16.2. The van der Waals surface area contributed by atoms with Crippen molar-refractivity contribution in [3.05, 3.63) is 41.6 Å². The van der Waals surface area contributed by atoms with E-state index in [1.54, 1.807) is 6.07 Å². The minimum atomic E-state index is 0.543. The van der Waals surface area contributed by atoms with Crippen molar-refractivity contribution in [2.45, 2.75) is 26.7 Å². The maximum Gasteiger partial charge on any atom is 0.229 e. The number of anilines is 3. The van der Waals surface area contributed by atoms with E-state index in [0.29, 0.717) is 17.4 Å². The Kier molecular flexibility index (Phi) is 4.42. The van der Waals surface area contributed by atoms with Gasteiger partial charge in [0.1, 0.15) is 11.9 Å². The van der Waals surface area contributed by atoms with Gasteiger partial charge in [0.15, 0.2) is 0 Å². The minimum absolute atomic E-state index is 0.543. The van der Waals surface area contributed by atoms with Crippen molar-refractivity contribution in [2.75, 3.05) is 23.3 Å². The molecule has 0 amide bonds. The molecule has 1 aliphatic heterocycles. The SMILES string of the molecule is Cc1cc(N2CCCC(C)C2)nc(Nc2ccccc2C#N)n1. The first-order chi connectivity index (χ1) is 11.2. The first kappa shape index (κ1) is 15.3. The molecule has 1 aromatic carbocycles. The van der Waals surface area contributed by atoms with Crippen LogP contribution in [0.4, 0.5) is 17.5 Å². The number of aromatic nitrogens is 2. The summed E-state index contributed by atoms with van der Waals surface area (Å²) in [5, 5.41) is 12.4. The predicted octanol–water partition coefficient (Wildman–Crippen LogP) is 3.64. The summed E-state index contributed by atoms with van der Waals surface area (Å²) < 4.78 is 0. The standard InChI is InChI=1S/C18H21N5/c1-13-6-5-9-23(12-13)17-10-14(2)20-18(22-17)21-16-8-4-3-7-15(16)11-19/h3-4,7-8,10,13H,5-6,9,12H2,1-2H3,(H,20,21,22). The number of piperidine rings is 1. The number of hydrogen-bond acceptors (Lipinski definition) is 5. The molecule has 1 aliphatic rings. The molecule has 0 bridgehead atoms. The van der Waals surface area contributed by atoms with E-state index in [0.717, 1.165) is 30.3 Å². The fourth-order valence-electron chi connectivity index (χ4n) is 2.98. The summed E-state index contributed by atoms with van der Waals surface area (Å²) >= 11 is 0. The molecule has 1 N–H and O–H groups in total. The van der Waals surface area contributed by atoms with E-state index in [-0.39, 0.29) is 0 Å². The fourth-order valence-corrected chi connectivity index (χ4v) is 2.98. The molecule has 0 saturated carbocycles. The summed E-state index contributed by atoms with van der Waals surface area (Å²) in [4.78, 5) is 11.4. The van der Waals surface area contributed by atoms with E-state index in [9.17, 15) is 5.26 Å². The van der Waals surface area contributed by atoms with E-state index < -0.39 is 0 Å². The summed E-state index contributed by atoms with van der Waals surface area (Å²) in [5.74, 6) is 2.19. The molecule has 0 aliphatic carbocycles. The highest BCUT2D eigenvalue weighted by Crippen LogP contribution is 2.24. The van der Waals surface area contributed by atoms with Gasteiger partial charge < -0.3 is 10.2 Å². The molecular weight excluding hydrogens is 286 g/mol. The average molecular weight is 307 g/mol. The van der Waals surface area contributed by atoms with Crippen LogP contribution >= 0.6 is 0 Å². The van der Waals surface area contributed by atoms with Gasteiger partial charge in [0.2, 0.25) is 5.95 Å². The number of rotatable bonds is 3. The van der Waals surface area contributed by atoms with Crippen molar-refractivity contribution in [3.63, 3.8) is 0 Å². The molecule has 118 valence electrons. The highest BCUT2D eigenvalue weighted by atomic mass is 15.2. The number of benzene rings is 1. The third-order valence-corrected chi connectivity index (χ3v) is 4.12. The Morgan fingerprint density at radius 2 is 2.13 bits per heavy atom. The summed E-state index contributed by atoms with van der Waals surface area (Å²) in [7, 11) is 0. The minimum Gasteiger partial charge on any atom is -0.356 e. The number of aryl methyl sites for hydroxylation is 1. The fraction of sp³-hybridized carbons (Fsp3) is 0.389. The Labute approximate surface area is 137 Å². The lowest BCUT2D eigenvalue weighted by molar-refractivity contribution is 0.444. The van der Waals surface area contributed by atoms with Crippen LogP contribution < -0.4 is 10.2 Å². The molecule has 1 unspecified atom stereocenters. The smallest absolute Gasteiger partial charge is 0.229 e. The lowest BCUT2D eigenvalue weighted by Gasteiger charge is -2.32. The molecule has 23 heavy (non-hydrogen) atoms. The number of nitrogens with zero attached hydrogens (tertiary/aromatic N) is 4. The highest BCUT2D eigenvalue weighted by molar-refractivity contribution is 5.63. The topological polar surface area (TPSA) is 64.8 Å². The van der Waals surface area contributed by atoms with Crippen LogP contribution in [0.15, 0.2) is 30.3 Å². The Bertz CT molecular complexity index is 734. The van der Waals surface area contributed by atoms with Crippen molar-refractivity contribution in [2.24, 2.45) is 5.92 Å². The third-order valence-electron chi connectivity index (χ3n) is 4.12. The molecule has 0 spiro atoms. The van der Waals surface area contributed by atoms with Crippen LogP contribution in [-0.4, -0.2) is 23.1 Å². The zero-order valence-electron chi connectivity index (χ0n) is 13.6. The van der Waals surface area contributed by atoms with Gasteiger partial charge in [0, 0.05) is 24.8 Å². The molecule has 5 nitrogen and oxygen atoms in total. The van der Waals surface area contributed by atoms with E-state index in [2.05, 4.69) is 33.2 Å². The van der Waals surface area contributed by atoms with Crippen molar-refractivity contribution in [3.8, 4) is 6.07 Å². The van der Waals surface area contributed by atoms with Gasteiger partial charge in [-0.25, -0.2) is 4.98 Å². The third kappa shape index (κ3) is 3.59. The Morgan fingerprint density at radius 1 is 1.30 bits per heavy atom. The highest BCUT2D eigenvalue weighted by Gasteiger charge is 2.18. The van der Waals surface area contributed by atoms with E-state index in [1.165, 1.54) is 12.8 Å². The van der Waals surface area contributed by atoms with Crippen molar-refractivity contribution >= 4 is 17.5 Å². The summed E-state index contributed by atoms with van der Waals surface area (Å²) in [5.41, 5.74) is 2.24. The zero-order valence-corrected chi connectivity index (χ0v) is 13.6. The van der Waals surface area contributed by atoms with Gasteiger partial charge >= 0.3 is 0 Å². The first-order valence-corrected chi connectivity index (χ1v) is 8.02. The van der Waals surface area contributed by atoms with Crippen molar-refractivity contribution < 1.29 is 0 Å². The van der Waals surface area contributed by atoms with Gasteiger partial charge in [-0.2, -0.15) is 10.2 Å². The van der Waals surface area contributed by atoms with Gasteiger partial charge in [0.25, 0.3) is 0 Å². The molecule has 1 atom stereocenters. The molecule has 1 saturated heterocycles. The Hall–Kier alpha value is -2.61. The molecule has 5 heteroatoms.